The van der Waals surface area contributed by atoms with Crippen LogP contribution in [0.15, 0.2) is 31.0 Å². The normalized spacial score (nSPS) is 15.4. The molecule has 0 saturated carbocycles. The minimum Gasteiger partial charge on any atom is -0.354 e. The van der Waals surface area contributed by atoms with Crippen LogP contribution in [0, 0.1) is 6.92 Å². The van der Waals surface area contributed by atoms with E-state index in [1.165, 1.54) is 11.1 Å². The molecule has 25 heavy (non-hydrogen) atoms. The van der Waals surface area contributed by atoms with Crippen molar-refractivity contribution in [1.29, 1.82) is 0 Å². The lowest BCUT2D eigenvalue weighted by molar-refractivity contribution is 0.0760. The predicted octanol–water partition coefficient (Wildman–Crippen LogP) is 2.14. The van der Waals surface area contributed by atoms with Gasteiger partial charge in [-0.1, -0.05) is 0 Å². The lowest BCUT2D eigenvalue weighted by Crippen LogP contribution is -2.35. The summed E-state index contributed by atoms with van der Waals surface area (Å²) in [5, 5.41) is 1.10. The maximum atomic E-state index is 12.6. The number of rotatable bonds is 2. The van der Waals surface area contributed by atoms with E-state index in [-0.39, 0.29) is 5.91 Å². The molecule has 3 aromatic heterocycles. The fourth-order valence-corrected chi connectivity index (χ4v) is 3.96. The fourth-order valence-electron chi connectivity index (χ4n) is 3.12. The second-order valence-electron chi connectivity index (χ2n) is 6.00. The summed E-state index contributed by atoms with van der Waals surface area (Å²) in [6, 6.07) is 2.14. The van der Waals surface area contributed by atoms with Crippen molar-refractivity contribution in [2.45, 2.75) is 13.3 Å². The molecule has 3 aromatic rings. The van der Waals surface area contributed by atoms with Crippen molar-refractivity contribution in [2.75, 3.05) is 31.1 Å². The zero-order chi connectivity index (χ0) is 17.2. The first-order valence-electron chi connectivity index (χ1n) is 8.24. The molecule has 1 saturated heterocycles. The Morgan fingerprint density at radius 2 is 2.04 bits per heavy atom. The van der Waals surface area contributed by atoms with Gasteiger partial charge in [0.2, 0.25) is 0 Å². The molecule has 0 N–H and O–H groups in total. The van der Waals surface area contributed by atoms with Gasteiger partial charge in [-0.05, 0) is 19.4 Å². The molecule has 1 amide bonds. The smallest absolute Gasteiger partial charge is 0.274 e. The SMILES string of the molecule is Cc1cc2c(N3CCCN(C(=O)c4cnccn4)CC3)ncnc2s1. The standard InChI is InChI=1S/C17H18N6OS/c1-12-9-13-15(20-11-21-16(13)25-12)22-5-2-6-23(8-7-22)17(24)14-10-18-3-4-19-14/h3-4,9-11H,2,5-8H2,1H3. The summed E-state index contributed by atoms with van der Waals surface area (Å²) in [7, 11) is 0. The van der Waals surface area contributed by atoms with E-state index in [1.807, 2.05) is 4.90 Å². The average Bonchev–Trinajstić information content (AvgIpc) is 2.87. The zero-order valence-corrected chi connectivity index (χ0v) is 14.7. The van der Waals surface area contributed by atoms with Crippen LogP contribution in [0.4, 0.5) is 5.82 Å². The number of thiophene rings is 1. The highest BCUT2D eigenvalue weighted by Gasteiger charge is 2.23. The van der Waals surface area contributed by atoms with E-state index in [2.05, 4.69) is 37.8 Å². The summed E-state index contributed by atoms with van der Waals surface area (Å²) in [6.07, 6.45) is 7.16. The summed E-state index contributed by atoms with van der Waals surface area (Å²) in [5.41, 5.74) is 0.397. The zero-order valence-electron chi connectivity index (χ0n) is 13.9. The Morgan fingerprint density at radius 1 is 1.12 bits per heavy atom. The molecular formula is C17H18N6OS. The van der Waals surface area contributed by atoms with Crippen molar-refractivity contribution >= 4 is 33.3 Å². The van der Waals surface area contributed by atoms with Crippen LogP contribution in [0.25, 0.3) is 10.2 Å². The van der Waals surface area contributed by atoms with Crippen molar-refractivity contribution in [3.05, 3.63) is 41.6 Å². The van der Waals surface area contributed by atoms with Crippen LogP contribution >= 0.6 is 11.3 Å². The van der Waals surface area contributed by atoms with Crippen LogP contribution in [0.2, 0.25) is 0 Å². The van der Waals surface area contributed by atoms with Crippen LogP contribution in [0.3, 0.4) is 0 Å². The van der Waals surface area contributed by atoms with Gasteiger partial charge in [-0.15, -0.1) is 11.3 Å². The highest BCUT2D eigenvalue weighted by Crippen LogP contribution is 2.30. The molecule has 0 aliphatic carbocycles. The topological polar surface area (TPSA) is 75.1 Å². The van der Waals surface area contributed by atoms with Gasteiger partial charge in [0.15, 0.2) is 0 Å². The van der Waals surface area contributed by atoms with E-state index in [1.54, 1.807) is 30.1 Å². The number of hydrogen-bond donors (Lipinski definition) is 0. The quantitative estimate of drug-likeness (QED) is 0.702. The average molecular weight is 354 g/mol. The van der Waals surface area contributed by atoms with Gasteiger partial charge in [-0.2, -0.15) is 0 Å². The van der Waals surface area contributed by atoms with Gasteiger partial charge in [0, 0.05) is 43.4 Å². The van der Waals surface area contributed by atoms with Crippen molar-refractivity contribution < 1.29 is 4.79 Å². The van der Waals surface area contributed by atoms with Gasteiger partial charge in [0.25, 0.3) is 5.91 Å². The highest BCUT2D eigenvalue weighted by molar-refractivity contribution is 7.18. The van der Waals surface area contributed by atoms with E-state index in [0.29, 0.717) is 18.8 Å². The largest absolute Gasteiger partial charge is 0.354 e. The number of hydrogen-bond acceptors (Lipinski definition) is 7. The number of aryl methyl sites for hydroxylation is 1. The molecule has 0 bridgehead atoms. The molecule has 1 aliphatic rings. The molecule has 128 valence electrons. The molecule has 0 atom stereocenters. The summed E-state index contributed by atoms with van der Waals surface area (Å²) < 4.78 is 0. The van der Waals surface area contributed by atoms with Gasteiger partial charge >= 0.3 is 0 Å². The number of fused-ring (bicyclic) bond motifs is 1. The molecule has 0 aromatic carbocycles. The Labute approximate surface area is 149 Å². The van der Waals surface area contributed by atoms with Crippen LogP contribution in [-0.2, 0) is 0 Å². The number of aromatic nitrogens is 4. The first-order chi connectivity index (χ1) is 12.2. The second-order valence-corrected chi connectivity index (χ2v) is 7.23. The fraction of sp³-hybridized carbons (Fsp3) is 0.353. The molecule has 0 spiro atoms. The maximum Gasteiger partial charge on any atom is 0.274 e. The molecule has 4 rings (SSSR count). The number of carbonyl (C=O) groups excluding carboxylic acids is 1. The van der Waals surface area contributed by atoms with Gasteiger partial charge < -0.3 is 9.80 Å². The Bertz CT molecular complexity index is 897. The third-order valence-corrected chi connectivity index (χ3v) is 5.26. The van der Waals surface area contributed by atoms with Crippen LogP contribution in [-0.4, -0.2) is 56.9 Å². The van der Waals surface area contributed by atoms with Crippen LogP contribution in [0.5, 0.6) is 0 Å². The molecule has 7 nitrogen and oxygen atoms in total. The first-order valence-corrected chi connectivity index (χ1v) is 9.05. The summed E-state index contributed by atoms with van der Waals surface area (Å²) in [6.45, 7) is 5.05. The van der Waals surface area contributed by atoms with E-state index >= 15 is 0 Å². The minimum atomic E-state index is -0.0610. The number of carbonyl (C=O) groups is 1. The summed E-state index contributed by atoms with van der Waals surface area (Å²) in [4.78, 5) is 35.9. The molecule has 1 fully saturated rings. The Kier molecular flexibility index (Phi) is 4.27. The third kappa shape index (κ3) is 3.17. The number of anilines is 1. The third-order valence-electron chi connectivity index (χ3n) is 4.30. The molecule has 8 heteroatoms. The lowest BCUT2D eigenvalue weighted by Gasteiger charge is -2.23. The van der Waals surface area contributed by atoms with Crippen LogP contribution < -0.4 is 4.90 Å². The van der Waals surface area contributed by atoms with Crippen molar-refractivity contribution in [3.63, 3.8) is 0 Å². The van der Waals surface area contributed by atoms with Gasteiger partial charge in [-0.3, -0.25) is 9.78 Å². The van der Waals surface area contributed by atoms with Gasteiger partial charge in [-0.25, -0.2) is 15.0 Å². The molecular weight excluding hydrogens is 336 g/mol. The van der Waals surface area contributed by atoms with E-state index < -0.39 is 0 Å². The Morgan fingerprint density at radius 3 is 2.88 bits per heavy atom. The van der Waals surface area contributed by atoms with E-state index in [9.17, 15) is 4.79 Å². The molecule has 1 aliphatic heterocycles. The monoisotopic (exact) mass is 354 g/mol. The van der Waals surface area contributed by atoms with Crippen molar-refractivity contribution in [2.24, 2.45) is 0 Å². The van der Waals surface area contributed by atoms with Crippen molar-refractivity contribution in [3.8, 4) is 0 Å². The molecule has 4 heterocycles. The number of nitrogens with zero attached hydrogens (tertiary/aromatic N) is 6. The second kappa shape index (κ2) is 6.72. The molecule has 0 radical (unpaired) electrons. The summed E-state index contributed by atoms with van der Waals surface area (Å²) in [5.74, 6) is 0.900. The Hall–Kier alpha value is -2.61. The highest BCUT2D eigenvalue weighted by atomic mass is 32.1. The maximum absolute atomic E-state index is 12.6. The minimum absolute atomic E-state index is 0.0610. The van der Waals surface area contributed by atoms with Gasteiger partial charge in [0.05, 0.1) is 11.6 Å². The van der Waals surface area contributed by atoms with Crippen molar-refractivity contribution in [1.82, 2.24) is 24.8 Å². The first kappa shape index (κ1) is 15.9. The molecule has 0 unspecified atom stereocenters. The van der Waals surface area contributed by atoms with E-state index in [0.717, 1.165) is 35.5 Å². The van der Waals surface area contributed by atoms with Gasteiger partial charge in [0.1, 0.15) is 22.7 Å². The van der Waals surface area contributed by atoms with E-state index in [4.69, 9.17) is 0 Å². The predicted molar refractivity (Wildman–Crippen MR) is 96.9 cm³/mol. The number of amides is 1. The van der Waals surface area contributed by atoms with Crippen LogP contribution in [0.1, 0.15) is 21.8 Å². The lowest BCUT2D eigenvalue weighted by atomic mass is 10.3. The Balaban J connectivity index is 1.54. The summed E-state index contributed by atoms with van der Waals surface area (Å²) >= 11 is 1.68.